The fourth-order valence-electron chi connectivity index (χ4n) is 2.98. The molecule has 9 heteroatoms. The Morgan fingerprint density at radius 1 is 1.00 bits per heavy atom. The van der Waals surface area contributed by atoms with E-state index in [-0.39, 0.29) is 5.78 Å². The van der Waals surface area contributed by atoms with Crippen LogP contribution in [0.4, 0.5) is 5.69 Å². The second-order valence-electron chi connectivity index (χ2n) is 6.81. The summed E-state index contributed by atoms with van der Waals surface area (Å²) in [5.74, 6) is 0.750. The van der Waals surface area contributed by atoms with Gasteiger partial charge >= 0.3 is 0 Å². The van der Waals surface area contributed by atoms with Gasteiger partial charge in [-0.15, -0.1) is 0 Å². The van der Waals surface area contributed by atoms with Crippen molar-refractivity contribution >= 4 is 23.5 Å². The van der Waals surface area contributed by atoms with Gasteiger partial charge in [0.1, 0.15) is 11.8 Å². The van der Waals surface area contributed by atoms with Gasteiger partial charge in [-0.25, -0.2) is 0 Å². The zero-order valence-corrected chi connectivity index (χ0v) is 18.7. The zero-order valence-electron chi connectivity index (χ0n) is 18.7. The summed E-state index contributed by atoms with van der Waals surface area (Å²) in [6, 6.07) is 7.14. The topological polar surface area (TPSA) is 129 Å². The minimum atomic E-state index is -1.07. The number of allylic oxidation sites excluding steroid dienone is 1. The van der Waals surface area contributed by atoms with Crippen molar-refractivity contribution in [3.63, 3.8) is 0 Å². The predicted molar refractivity (Wildman–Crippen MR) is 121 cm³/mol. The van der Waals surface area contributed by atoms with E-state index in [1.165, 1.54) is 28.4 Å². The second-order valence-corrected chi connectivity index (χ2v) is 6.81. The van der Waals surface area contributed by atoms with Crippen LogP contribution in [0.25, 0.3) is 6.08 Å². The number of nitrogens with one attached hydrogen (secondary N) is 1. The monoisotopic (exact) mass is 444 g/mol. The normalized spacial score (nSPS) is 12.0. The van der Waals surface area contributed by atoms with E-state index < -0.39 is 18.6 Å². The Labute approximate surface area is 186 Å². The smallest absolute Gasteiger partial charge is 0.243 e. The van der Waals surface area contributed by atoms with Crippen molar-refractivity contribution in [3.05, 3.63) is 47.0 Å². The van der Waals surface area contributed by atoms with Gasteiger partial charge in [0, 0.05) is 5.56 Å². The van der Waals surface area contributed by atoms with Gasteiger partial charge in [-0.1, -0.05) is 6.07 Å². The van der Waals surface area contributed by atoms with Crippen LogP contribution >= 0.6 is 0 Å². The number of carbonyl (C=O) groups excluding carboxylic acids is 2. The Bertz CT molecular complexity index is 992. The molecule has 0 aliphatic heterocycles. The third-order valence-corrected chi connectivity index (χ3v) is 4.68. The van der Waals surface area contributed by atoms with E-state index in [2.05, 4.69) is 5.32 Å². The van der Waals surface area contributed by atoms with Gasteiger partial charge in [0.25, 0.3) is 0 Å². The van der Waals surface area contributed by atoms with E-state index >= 15 is 0 Å². The lowest BCUT2D eigenvalue weighted by Crippen LogP contribution is -2.38. The van der Waals surface area contributed by atoms with E-state index in [0.717, 1.165) is 0 Å². The van der Waals surface area contributed by atoms with E-state index in [9.17, 15) is 9.59 Å². The maximum Gasteiger partial charge on any atom is 0.243 e. The van der Waals surface area contributed by atoms with Crippen LogP contribution in [0.1, 0.15) is 22.8 Å². The number of methoxy groups -OCH3 is 4. The summed E-state index contributed by atoms with van der Waals surface area (Å²) < 4.78 is 21.2. The first-order valence-electron chi connectivity index (χ1n) is 9.67. The molecule has 0 aliphatic rings. The molecule has 0 saturated heterocycles. The quantitative estimate of drug-likeness (QED) is 0.376. The molecule has 2 aromatic rings. The molecule has 32 heavy (non-hydrogen) atoms. The van der Waals surface area contributed by atoms with Crippen LogP contribution < -0.4 is 30.0 Å². The lowest BCUT2D eigenvalue weighted by atomic mass is 10.0. The summed E-state index contributed by atoms with van der Waals surface area (Å²) in [4.78, 5) is 25.1. The molecule has 1 amide bonds. The molecule has 0 fully saturated rings. The number of ether oxygens (including phenoxy) is 4. The third kappa shape index (κ3) is 5.57. The number of hydrogen-bond donors (Lipinski definition) is 3. The molecule has 0 aromatic heterocycles. The third-order valence-electron chi connectivity index (χ3n) is 4.68. The van der Waals surface area contributed by atoms with Crippen LogP contribution in [-0.4, -0.2) is 57.9 Å². The lowest BCUT2D eigenvalue weighted by molar-refractivity contribution is -0.118. The Morgan fingerprint density at radius 3 is 2.09 bits per heavy atom. The van der Waals surface area contributed by atoms with Crippen LogP contribution in [0, 0.1) is 0 Å². The predicted octanol–water partition coefficient (Wildman–Crippen LogP) is 2.27. The Kier molecular flexibility index (Phi) is 8.62. The summed E-state index contributed by atoms with van der Waals surface area (Å²) in [5, 5.41) is 11.7. The first-order valence-corrected chi connectivity index (χ1v) is 9.67. The highest BCUT2D eigenvalue weighted by molar-refractivity contribution is 6.11. The largest absolute Gasteiger partial charge is 0.495 e. The molecule has 2 aromatic carbocycles. The molecule has 172 valence electrons. The highest BCUT2D eigenvalue weighted by Gasteiger charge is 2.18. The number of rotatable bonds is 10. The molecule has 4 N–H and O–H groups in total. The molecule has 0 bridgehead atoms. The highest BCUT2D eigenvalue weighted by Crippen LogP contribution is 2.38. The maximum atomic E-state index is 13.0. The van der Waals surface area contributed by atoms with Gasteiger partial charge in [0.05, 0.1) is 40.7 Å². The van der Waals surface area contributed by atoms with Crippen molar-refractivity contribution in [2.45, 2.75) is 13.0 Å². The Hall–Kier alpha value is -3.56. The fraction of sp³-hybridized carbons (Fsp3) is 0.304. The van der Waals surface area contributed by atoms with Crippen LogP contribution in [0.2, 0.25) is 0 Å². The van der Waals surface area contributed by atoms with Crippen molar-refractivity contribution in [2.75, 3.05) is 40.4 Å². The summed E-state index contributed by atoms with van der Waals surface area (Å²) in [6.07, 6.45) is 1.67. The SMILES string of the molecule is COc1ccc(/C=C(\C)C(=O)c2cc(OC)c(OC)c(OC)c2)cc1NC(=O)C(N)CO. The van der Waals surface area contributed by atoms with Crippen LogP contribution in [0.5, 0.6) is 23.0 Å². The first kappa shape index (κ1) is 24.7. The van der Waals surface area contributed by atoms with Crippen molar-refractivity contribution in [2.24, 2.45) is 5.73 Å². The number of anilines is 1. The van der Waals surface area contributed by atoms with Crippen molar-refractivity contribution in [1.29, 1.82) is 0 Å². The molecule has 0 heterocycles. The van der Waals surface area contributed by atoms with Gasteiger partial charge in [-0.05, 0) is 48.4 Å². The van der Waals surface area contributed by atoms with Gasteiger partial charge in [-0.3, -0.25) is 9.59 Å². The molecule has 1 atom stereocenters. The number of hydrogen-bond acceptors (Lipinski definition) is 8. The summed E-state index contributed by atoms with van der Waals surface area (Å²) in [5.41, 5.74) is 7.38. The lowest BCUT2D eigenvalue weighted by Gasteiger charge is -2.14. The average molecular weight is 444 g/mol. The summed E-state index contributed by atoms with van der Waals surface area (Å²) in [7, 11) is 5.90. The Morgan fingerprint density at radius 2 is 1.59 bits per heavy atom. The van der Waals surface area contributed by atoms with E-state index in [1.807, 2.05) is 0 Å². The Balaban J connectivity index is 2.39. The number of aliphatic hydroxyl groups is 1. The minimum absolute atomic E-state index is 0.243. The number of benzene rings is 2. The fourth-order valence-corrected chi connectivity index (χ4v) is 2.98. The van der Waals surface area contributed by atoms with Gasteiger partial charge in [0.15, 0.2) is 17.3 Å². The first-order chi connectivity index (χ1) is 15.3. The molecule has 9 nitrogen and oxygen atoms in total. The highest BCUT2D eigenvalue weighted by atomic mass is 16.5. The molecule has 0 aliphatic carbocycles. The van der Waals surface area contributed by atoms with Crippen LogP contribution in [-0.2, 0) is 4.79 Å². The zero-order chi connectivity index (χ0) is 23.8. The van der Waals surface area contributed by atoms with E-state index in [1.54, 1.807) is 43.3 Å². The minimum Gasteiger partial charge on any atom is -0.495 e. The number of Topliss-reactive ketones (excluding diaryl/α,β-unsaturated/α-hetero) is 1. The van der Waals surface area contributed by atoms with Crippen LogP contribution in [0.15, 0.2) is 35.9 Å². The van der Waals surface area contributed by atoms with Crippen molar-refractivity contribution < 1.29 is 33.6 Å². The number of nitrogens with two attached hydrogens (primary N) is 1. The standard InChI is InChI=1S/C23H28N2O7/c1-13(21(27)15-10-19(30-3)22(32-5)20(11-15)31-4)8-14-6-7-18(29-2)17(9-14)25-23(28)16(24)12-26/h6-11,16,26H,12,24H2,1-5H3,(H,25,28)/b13-8+. The molecule has 0 spiro atoms. The van der Waals surface area contributed by atoms with Crippen LogP contribution in [0.3, 0.4) is 0 Å². The van der Waals surface area contributed by atoms with Crippen molar-refractivity contribution in [3.8, 4) is 23.0 Å². The molecular weight excluding hydrogens is 416 g/mol. The molecule has 0 radical (unpaired) electrons. The number of amides is 1. The van der Waals surface area contributed by atoms with Gasteiger partial charge < -0.3 is 35.1 Å². The summed E-state index contributed by atoms with van der Waals surface area (Å²) >= 11 is 0. The average Bonchev–Trinajstić information content (AvgIpc) is 2.81. The second kappa shape index (κ2) is 11.2. The van der Waals surface area contributed by atoms with E-state index in [0.29, 0.717) is 45.4 Å². The van der Waals surface area contributed by atoms with Crippen molar-refractivity contribution in [1.82, 2.24) is 0 Å². The van der Waals surface area contributed by atoms with E-state index in [4.69, 9.17) is 29.8 Å². The summed E-state index contributed by atoms with van der Waals surface area (Å²) in [6.45, 7) is 1.19. The molecule has 2 rings (SSSR count). The molecular formula is C23H28N2O7. The van der Waals surface area contributed by atoms with Gasteiger partial charge in [0.2, 0.25) is 11.7 Å². The molecule has 1 unspecified atom stereocenters. The number of carbonyl (C=O) groups is 2. The number of ketones is 1. The van der Waals surface area contributed by atoms with Gasteiger partial charge in [-0.2, -0.15) is 0 Å². The maximum absolute atomic E-state index is 13.0. The number of aliphatic hydroxyl groups excluding tert-OH is 1. The molecule has 0 saturated carbocycles.